The lowest BCUT2D eigenvalue weighted by Gasteiger charge is -2.22. The highest BCUT2D eigenvalue weighted by Gasteiger charge is 2.39. The van der Waals surface area contributed by atoms with Gasteiger partial charge in [-0.3, -0.25) is 9.59 Å². The van der Waals surface area contributed by atoms with Crippen LogP contribution in [-0.2, 0) is 23.4 Å². The van der Waals surface area contributed by atoms with Crippen LogP contribution in [0.25, 0.3) is 0 Å². The number of carbonyl (C=O) groups excluding carboxylic acids is 2. The Hall–Kier alpha value is -2.12. The van der Waals surface area contributed by atoms with E-state index in [0.717, 1.165) is 57.8 Å². The van der Waals surface area contributed by atoms with Gasteiger partial charge in [0.25, 0.3) is 0 Å². The predicted octanol–water partition coefficient (Wildman–Crippen LogP) is 14.3. The molecule has 59 heavy (non-hydrogen) atoms. The lowest BCUT2D eigenvalue weighted by molar-refractivity contribution is -0.150. The monoisotopic (exact) mass is 847 g/mol. The number of likely N-dealkylation sites (tertiary alicyclic amines) is 1. The van der Waals surface area contributed by atoms with E-state index in [0.29, 0.717) is 25.7 Å². The number of aliphatic hydroxyl groups excluding tert-OH is 1. The number of ether oxygens (including phenoxy) is 1. The molecule has 0 spiro atoms. The zero-order valence-corrected chi connectivity index (χ0v) is 38.8. The van der Waals surface area contributed by atoms with Gasteiger partial charge in [-0.25, -0.2) is 0 Å². The second-order valence-electron chi connectivity index (χ2n) is 16.9. The van der Waals surface area contributed by atoms with Crippen LogP contribution in [0.15, 0.2) is 48.6 Å². The topological polar surface area (TPSA) is 113 Å². The molecule has 1 saturated heterocycles. The first-order valence-electron chi connectivity index (χ1n) is 24.4. The van der Waals surface area contributed by atoms with E-state index in [9.17, 15) is 19.3 Å². The third-order valence-corrected chi connectivity index (χ3v) is 11.9. The summed E-state index contributed by atoms with van der Waals surface area (Å²) in [5.74, 6) is -0.166. The van der Waals surface area contributed by atoms with E-state index in [-0.39, 0.29) is 37.2 Å². The van der Waals surface area contributed by atoms with Crippen LogP contribution in [0.1, 0.15) is 226 Å². The summed E-state index contributed by atoms with van der Waals surface area (Å²) < 4.78 is 22.1. The van der Waals surface area contributed by atoms with Gasteiger partial charge in [0.15, 0.2) is 0 Å². The van der Waals surface area contributed by atoms with Crippen LogP contribution in [0.4, 0.5) is 0 Å². The van der Waals surface area contributed by atoms with Crippen molar-refractivity contribution >= 4 is 20.1 Å². The summed E-state index contributed by atoms with van der Waals surface area (Å²) in [5.41, 5.74) is 0. The van der Waals surface area contributed by atoms with Gasteiger partial charge in [-0.05, 0) is 103 Å². The Morgan fingerprint density at radius 1 is 0.610 bits per heavy atom. The molecule has 0 aliphatic carbocycles. The number of amides is 1. The van der Waals surface area contributed by atoms with Crippen molar-refractivity contribution in [1.29, 1.82) is 0 Å². The molecule has 0 aromatic rings. The highest BCUT2D eigenvalue weighted by Crippen LogP contribution is 2.28. The van der Waals surface area contributed by atoms with Gasteiger partial charge in [0, 0.05) is 23.8 Å². The second-order valence-corrected chi connectivity index (χ2v) is 17.5. The SMILES string of the molecule is CCCCC/C=C\C/C=C\CCCCCCCCC(CCCCCCCC/C=C\C/C=C\CCCCC)OC(=O)CCCCCCC(=O)N1C[C@H](O[P+](=O)O)C[C@H]1CO. The molecule has 340 valence electrons. The lowest BCUT2D eigenvalue weighted by Crippen LogP contribution is -2.37. The smallest absolute Gasteiger partial charge is 0.462 e. The Bertz CT molecular complexity index is 1090. The lowest BCUT2D eigenvalue weighted by atomic mass is 10.0. The van der Waals surface area contributed by atoms with Crippen LogP contribution in [-0.4, -0.2) is 58.2 Å². The summed E-state index contributed by atoms with van der Waals surface area (Å²) in [7, 11) is -2.74. The molecule has 1 amide bonds. The van der Waals surface area contributed by atoms with Crippen molar-refractivity contribution in [2.45, 2.75) is 244 Å². The molecule has 8 nitrogen and oxygen atoms in total. The van der Waals surface area contributed by atoms with E-state index in [1.165, 1.54) is 128 Å². The Morgan fingerprint density at radius 3 is 1.49 bits per heavy atom. The fourth-order valence-corrected chi connectivity index (χ4v) is 8.23. The summed E-state index contributed by atoms with van der Waals surface area (Å²) in [6.07, 6.45) is 53.6. The highest BCUT2D eigenvalue weighted by atomic mass is 31.1. The molecular weight excluding hydrogens is 758 g/mol. The van der Waals surface area contributed by atoms with Crippen molar-refractivity contribution in [1.82, 2.24) is 4.90 Å². The van der Waals surface area contributed by atoms with E-state index in [1.54, 1.807) is 4.90 Å². The molecule has 2 N–H and O–H groups in total. The van der Waals surface area contributed by atoms with E-state index >= 15 is 0 Å². The number of nitrogens with zero attached hydrogens (tertiary/aromatic N) is 1. The summed E-state index contributed by atoms with van der Waals surface area (Å²) in [5, 5.41) is 9.67. The largest absolute Gasteiger partial charge is 0.695 e. The Labute approximate surface area is 363 Å². The van der Waals surface area contributed by atoms with Gasteiger partial charge in [-0.1, -0.05) is 152 Å². The van der Waals surface area contributed by atoms with E-state index < -0.39 is 14.4 Å². The summed E-state index contributed by atoms with van der Waals surface area (Å²) in [6, 6.07) is -0.379. The molecular formula is C50H89NO7P+. The Balaban J connectivity index is 2.32. The molecule has 0 radical (unpaired) electrons. The number of carbonyl (C=O) groups is 2. The fraction of sp³-hybridized carbons (Fsp3) is 0.800. The average molecular weight is 847 g/mol. The molecule has 1 unspecified atom stereocenters. The highest BCUT2D eigenvalue weighted by molar-refractivity contribution is 7.32. The number of allylic oxidation sites excluding steroid dienone is 8. The standard InChI is InChI=1S/C50H88NO7P/c1-3-5-7-9-11-13-15-17-19-21-23-25-27-29-31-35-39-47(40-36-32-30-28-26-24-22-20-18-16-14-12-10-8-6-4-2)57-50(54)42-38-34-33-37-41-49(53)51-44-48(58-59(55)56)43-46(51)45-52/h11-14,17-20,46-48,52H,3-10,15-16,21-45H2,1-2H3/p+1/b13-11-,14-12-,19-17-,20-18-/t46-,48+/m0/s1. The van der Waals surface area contributed by atoms with Crippen molar-refractivity contribution in [3.63, 3.8) is 0 Å². The van der Waals surface area contributed by atoms with Crippen LogP contribution >= 0.6 is 8.25 Å². The normalized spacial score (nSPS) is 16.3. The minimum Gasteiger partial charge on any atom is -0.462 e. The summed E-state index contributed by atoms with van der Waals surface area (Å²) >= 11 is 0. The zero-order chi connectivity index (χ0) is 42.9. The zero-order valence-electron chi connectivity index (χ0n) is 37.9. The molecule has 1 aliphatic rings. The van der Waals surface area contributed by atoms with Gasteiger partial charge in [0.2, 0.25) is 5.91 Å². The van der Waals surface area contributed by atoms with Crippen molar-refractivity contribution in [2.75, 3.05) is 13.2 Å². The Morgan fingerprint density at radius 2 is 1.03 bits per heavy atom. The van der Waals surface area contributed by atoms with Crippen LogP contribution in [0.3, 0.4) is 0 Å². The number of hydrogen-bond acceptors (Lipinski definition) is 6. The molecule has 1 rings (SSSR count). The van der Waals surface area contributed by atoms with E-state index in [1.807, 2.05) is 0 Å². The third kappa shape index (κ3) is 34.2. The fourth-order valence-electron chi connectivity index (χ4n) is 7.83. The van der Waals surface area contributed by atoms with Gasteiger partial charge in [-0.15, -0.1) is 9.42 Å². The van der Waals surface area contributed by atoms with Crippen LogP contribution in [0.2, 0.25) is 0 Å². The first kappa shape index (κ1) is 54.9. The Kier molecular flexibility index (Phi) is 38.4. The molecule has 1 fully saturated rings. The second kappa shape index (κ2) is 41.2. The molecule has 0 aromatic carbocycles. The molecule has 0 bridgehead atoms. The van der Waals surface area contributed by atoms with Crippen molar-refractivity contribution < 1.29 is 33.4 Å². The molecule has 3 atom stereocenters. The number of hydrogen-bond donors (Lipinski definition) is 2. The summed E-state index contributed by atoms with van der Waals surface area (Å²) in [4.78, 5) is 36.3. The van der Waals surface area contributed by atoms with Crippen LogP contribution in [0.5, 0.6) is 0 Å². The number of rotatable bonds is 41. The van der Waals surface area contributed by atoms with Gasteiger partial charge >= 0.3 is 14.2 Å². The van der Waals surface area contributed by atoms with Gasteiger partial charge in [0.1, 0.15) is 12.2 Å². The molecule has 0 saturated carbocycles. The van der Waals surface area contributed by atoms with Crippen LogP contribution < -0.4 is 0 Å². The maximum Gasteiger partial charge on any atom is 0.695 e. The van der Waals surface area contributed by atoms with Crippen molar-refractivity contribution in [3.05, 3.63) is 48.6 Å². The van der Waals surface area contributed by atoms with Crippen LogP contribution in [0, 0.1) is 0 Å². The van der Waals surface area contributed by atoms with Crippen molar-refractivity contribution in [2.24, 2.45) is 0 Å². The number of unbranched alkanes of at least 4 members (excludes halogenated alkanes) is 21. The first-order valence-corrected chi connectivity index (χ1v) is 25.6. The third-order valence-electron chi connectivity index (χ3n) is 11.4. The van der Waals surface area contributed by atoms with Gasteiger partial charge in [-0.2, -0.15) is 0 Å². The molecule has 0 aromatic heterocycles. The molecule has 9 heteroatoms. The predicted molar refractivity (Wildman–Crippen MR) is 247 cm³/mol. The maximum absolute atomic E-state index is 12.9. The molecule has 1 heterocycles. The number of esters is 1. The minimum atomic E-state index is -2.74. The van der Waals surface area contributed by atoms with Gasteiger partial charge in [0.05, 0.1) is 19.2 Å². The van der Waals surface area contributed by atoms with Crippen molar-refractivity contribution in [3.8, 4) is 0 Å². The quantitative estimate of drug-likeness (QED) is 0.0273. The first-order chi connectivity index (χ1) is 28.9. The van der Waals surface area contributed by atoms with Gasteiger partial charge < -0.3 is 14.7 Å². The summed E-state index contributed by atoms with van der Waals surface area (Å²) in [6.45, 7) is 4.53. The van der Waals surface area contributed by atoms with E-state index in [4.69, 9.17) is 14.2 Å². The minimum absolute atomic E-state index is 0.00786. The maximum atomic E-state index is 12.9. The van der Waals surface area contributed by atoms with E-state index in [2.05, 4.69) is 62.5 Å². The number of aliphatic hydroxyl groups is 1. The average Bonchev–Trinajstić information content (AvgIpc) is 3.63. The molecule has 1 aliphatic heterocycles.